The van der Waals surface area contributed by atoms with Gasteiger partial charge in [-0.05, 0) is 30.5 Å². The number of imidazole rings is 1. The highest BCUT2D eigenvalue weighted by Gasteiger charge is 2.27. The van der Waals surface area contributed by atoms with Gasteiger partial charge in [0.2, 0.25) is 0 Å². The van der Waals surface area contributed by atoms with Crippen LogP contribution in [0.25, 0.3) is 0 Å². The lowest BCUT2D eigenvalue weighted by atomic mass is 10.0. The summed E-state index contributed by atoms with van der Waals surface area (Å²) in [7, 11) is 0. The molecule has 0 spiro atoms. The van der Waals surface area contributed by atoms with Crippen molar-refractivity contribution in [3.8, 4) is 0 Å². The molecule has 0 fully saturated rings. The predicted octanol–water partition coefficient (Wildman–Crippen LogP) is 1.52. The zero-order chi connectivity index (χ0) is 21.7. The van der Waals surface area contributed by atoms with Gasteiger partial charge in [-0.1, -0.05) is 13.8 Å². The number of carbonyl (C=O) groups is 2. The molecule has 1 unspecified atom stereocenters. The predicted molar refractivity (Wildman–Crippen MR) is 99.6 cm³/mol. The van der Waals surface area contributed by atoms with E-state index in [0.29, 0.717) is 0 Å². The van der Waals surface area contributed by atoms with Crippen LogP contribution in [0.5, 0.6) is 0 Å². The van der Waals surface area contributed by atoms with E-state index in [1.807, 2.05) is 13.8 Å². The standard InChI is InChI=1S/C19H23F2N3O5/c1-11(2)7-15(17(25)26)22-16(18(27)28)10-24-6-5-23(19(24)29)9-12-8-13(20)3-4-14(12)21/h3-6,8,11,15-16,22H,7,9-10H2,1-2H3,(H,25,26)(H,27,28)/t15-,16?/m0/s1. The quantitative estimate of drug-likeness (QED) is 0.546. The van der Waals surface area contributed by atoms with Crippen molar-refractivity contribution in [1.29, 1.82) is 0 Å². The first-order chi connectivity index (χ1) is 13.6. The molecule has 158 valence electrons. The zero-order valence-corrected chi connectivity index (χ0v) is 16.0. The van der Waals surface area contributed by atoms with Gasteiger partial charge in [0.05, 0.1) is 13.1 Å². The van der Waals surface area contributed by atoms with E-state index in [2.05, 4.69) is 5.32 Å². The monoisotopic (exact) mass is 411 g/mol. The topological polar surface area (TPSA) is 114 Å². The molecule has 3 N–H and O–H groups in total. The number of hydrogen-bond acceptors (Lipinski definition) is 4. The maximum atomic E-state index is 13.8. The SMILES string of the molecule is CC(C)C[C@H](NC(Cn1ccn(Cc2cc(F)ccc2F)c1=O)C(=O)O)C(=O)O. The van der Waals surface area contributed by atoms with Gasteiger partial charge in [-0.3, -0.25) is 24.0 Å². The van der Waals surface area contributed by atoms with Crippen LogP contribution in [0.4, 0.5) is 8.78 Å². The molecular formula is C19H23F2N3O5. The number of carboxylic acids is 2. The summed E-state index contributed by atoms with van der Waals surface area (Å²) in [6.07, 6.45) is 2.86. The van der Waals surface area contributed by atoms with Crippen LogP contribution < -0.4 is 11.0 Å². The highest BCUT2D eigenvalue weighted by molar-refractivity contribution is 5.77. The van der Waals surface area contributed by atoms with E-state index >= 15 is 0 Å². The summed E-state index contributed by atoms with van der Waals surface area (Å²) in [5.41, 5.74) is -0.655. The number of aliphatic carboxylic acids is 2. The number of hydrogen-bond donors (Lipinski definition) is 3. The highest BCUT2D eigenvalue weighted by atomic mass is 19.1. The molecule has 2 rings (SSSR count). The van der Waals surface area contributed by atoms with Gasteiger partial charge in [-0.15, -0.1) is 0 Å². The van der Waals surface area contributed by atoms with E-state index in [1.165, 1.54) is 12.4 Å². The molecule has 8 nitrogen and oxygen atoms in total. The van der Waals surface area contributed by atoms with Crippen LogP contribution in [-0.2, 0) is 22.7 Å². The summed E-state index contributed by atoms with van der Waals surface area (Å²) in [6, 6.07) is 0.484. The number of halogens is 2. The summed E-state index contributed by atoms with van der Waals surface area (Å²) in [5.74, 6) is -3.79. The number of nitrogens with one attached hydrogen (secondary N) is 1. The highest BCUT2D eigenvalue weighted by Crippen LogP contribution is 2.11. The lowest BCUT2D eigenvalue weighted by Gasteiger charge is -2.21. The van der Waals surface area contributed by atoms with Crippen molar-refractivity contribution in [3.63, 3.8) is 0 Å². The van der Waals surface area contributed by atoms with E-state index in [4.69, 9.17) is 0 Å². The Bertz CT molecular complexity index is 938. The second-order valence-electron chi connectivity index (χ2n) is 7.17. The molecule has 2 atom stereocenters. The van der Waals surface area contributed by atoms with Gasteiger partial charge >= 0.3 is 17.6 Å². The Labute approximate surface area is 165 Å². The maximum absolute atomic E-state index is 13.8. The molecule has 1 aromatic heterocycles. The summed E-state index contributed by atoms with van der Waals surface area (Å²) in [4.78, 5) is 35.5. The average Bonchev–Trinajstić information content (AvgIpc) is 2.96. The Kier molecular flexibility index (Phi) is 7.27. The van der Waals surface area contributed by atoms with Crippen LogP contribution in [0.15, 0.2) is 35.4 Å². The Balaban J connectivity index is 2.19. The third-order valence-electron chi connectivity index (χ3n) is 4.35. The van der Waals surface area contributed by atoms with Crippen LogP contribution in [0.1, 0.15) is 25.8 Å². The Morgan fingerprint density at radius 1 is 1.07 bits per heavy atom. The lowest BCUT2D eigenvalue weighted by molar-refractivity contribution is -0.143. The zero-order valence-electron chi connectivity index (χ0n) is 16.0. The number of benzene rings is 1. The van der Waals surface area contributed by atoms with Gasteiger partial charge in [0.15, 0.2) is 0 Å². The molecular weight excluding hydrogens is 388 g/mol. The van der Waals surface area contributed by atoms with Crippen molar-refractivity contribution < 1.29 is 28.6 Å². The molecule has 1 heterocycles. The van der Waals surface area contributed by atoms with Gasteiger partial charge in [-0.2, -0.15) is 0 Å². The van der Waals surface area contributed by atoms with Gasteiger partial charge in [0.1, 0.15) is 23.7 Å². The molecule has 0 amide bonds. The summed E-state index contributed by atoms with van der Waals surface area (Å²) in [6.45, 7) is 3.06. The Hall–Kier alpha value is -3.01. The molecule has 0 saturated carbocycles. The molecule has 0 saturated heterocycles. The normalized spacial score (nSPS) is 13.4. The van der Waals surface area contributed by atoms with Crippen molar-refractivity contribution >= 4 is 11.9 Å². The fourth-order valence-corrected chi connectivity index (χ4v) is 2.91. The first-order valence-electron chi connectivity index (χ1n) is 8.99. The minimum atomic E-state index is -1.32. The van der Waals surface area contributed by atoms with Crippen molar-refractivity contribution in [3.05, 3.63) is 58.3 Å². The summed E-state index contributed by atoms with van der Waals surface area (Å²) < 4.78 is 29.3. The second kappa shape index (κ2) is 9.46. The van der Waals surface area contributed by atoms with Gasteiger partial charge < -0.3 is 10.2 Å². The van der Waals surface area contributed by atoms with E-state index in [9.17, 15) is 33.4 Å². The molecule has 29 heavy (non-hydrogen) atoms. The second-order valence-corrected chi connectivity index (χ2v) is 7.17. The number of nitrogens with zero attached hydrogens (tertiary/aromatic N) is 2. The Morgan fingerprint density at radius 2 is 1.69 bits per heavy atom. The van der Waals surface area contributed by atoms with Gasteiger partial charge in [0, 0.05) is 18.0 Å². The number of aromatic nitrogens is 2. The number of carboxylic acid groups (broad SMARTS) is 2. The first-order valence-corrected chi connectivity index (χ1v) is 8.99. The lowest BCUT2D eigenvalue weighted by Crippen LogP contribution is -2.50. The maximum Gasteiger partial charge on any atom is 0.328 e. The van der Waals surface area contributed by atoms with Crippen LogP contribution in [0, 0.1) is 17.6 Å². The van der Waals surface area contributed by atoms with Crippen LogP contribution in [-0.4, -0.2) is 43.4 Å². The largest absolute Gasteiger partial charge is 0.480 e. The molecule has 0 aliphatic rings. The molecule has 1 aromatic carbocycles. The molecule has 0 aliphatic heterocycles. The van der Waals surface area contributed by atoms with Crippen molar-refractivity contribution in [2.45, 2.75) is 45.4 Å². The first kappa shape index (κ1) is 22.3. The summed E-state index contributed by atoms with van der Waals surface area (Å²) >= 11 is 0. The Morgan fingerprint density at radius 3 is 2.28 bits per heavy atom. The third-order valence-corrected chi connectivity index (χ3v) is 4.35. The van der Waals surface area contributed by atoms with Crippen molar-refractivity contribution in [2.75, 3.05) is 0 Å². The van der Waals surface area contributed by atoms with Gasteiger partial charge in [-0.25, -0.2) is 13.6 Å². The van der Waals surface area contributed by atoms with E-state index < -0.39 is 41.3 Å². The van der Waals surface area contributed by atoms with Crippen LogP contribution in [0.3, 0.4) is 0 Å². The van der Waals surface area contributed by atoms with Crippen molar-refractivity contribution in [1.82, 2.24) is 14.5 Å². The molecule has 2 aromatic rings. The summed E-state index contributed by atoms with van der Waals surface area (Å²) in [5, 5.41) is 21.3. The van der Waals surface area contributed by atoms with E-state index in [1.54, 1.807) is 0 Å². The minimum Gasteiger partial charge on any atom is -0.480 e. The van der Waals surface area contributed by atoms with E-state index in [-0.39, 0.29) is 31.0 Å². The molecule has 0 bridgehead atoms. The van der Waals surface area contributed by atoms with Crippen molar-refractivity contribution in [2.24, 2.45) is 5.92 Å². The molecule has 0 aliphatic carbocycles. The van der Waals surface area contributed by atoms with Crippen LogP contribution >= 0.6 is 0 Å². The fourth-order valence-electron chi connectivity index (χ4n) is 2.91. The molecule has 10 heteroatoms. The van der Waals surface area contributed by atoms with E-state index in [0.717, 1.165) is 27.3 Å². The van der Waals surface area contributed by atoms with Gasteiger partial charge in [0.25, 0.3) is 0 Å². The average molecular weight is 411 g/mol. The van der Waals surface area contributed by atoms with Crippen LogP contribution in [0.2, 0.25) is 0 Å². The smallest absolute Gasteiger partial charge is 0.328 e. The fraction of sp³-hybridized carbons (Fsp3) is 0.421. The number of rotatable bonds is 10. The molecule has 0 radical (unpaired) electrons. The third kappa shape index (κ3) is 5.98. The minimum absolute atomic E-state index is 0.0167.